The first kappa shape index (κ1) is 15.5. The second-order valence-electron chi connectivity index (χ2n) is 5.53. The summed E-state index contributed by atoms with van der Waals surface area (Å²) in [5.41, 5.74) is 1.16. The fraction of sp³-hybridized carbons (Fsp3) is 0.278. The Morgan fingerprint density at radius 2 is 2.04 bits per heavy atom. The fourth-order valence-corrected chi connectivity index (χ4v) is 2.73. The SMILES string of the molecule is O=C(CCc1ccccc1F)NC1CCOc2ccc(F)cc21. The average molecular weight is 317 g/mol. The Morgan fingerprint density at radius 1 is 1.22 bits per heavy atom. The van der Waals surface area contributed by atoms with E-state index in [-0.39, 0.29) is 30.0 Å². The molecule has 0 bridgehead atoms. The lowest BCUT2D eigenvalue weighted by molar-refractivity contribution is -0.122. The van der Waals surface area contributed by atoms with E-state index in [1.54, 1.807) is 24.3 Å². The van der Waals surface area contributed by atoms with Gasteiger partial charge < -0.3 is 10.1 Å². The molecule has 1 aliphatic heterocycles. The monoisotopic (exact) mass is 317 g/mol. The van der Waals surface area contributed by atoms with E-state index in [2.05, 4.69) is 5.32 Å². The van der Waals surface area contributed by atoms with Gasteiger partial charge in [-0.1, -0.05) is 18.2 Å². The largest absolute Gasteiger partial charge is 0.493 e. The summed E-state index contributed by atoms with van der Waals surface area (Å²) in [6.07, 6.45) is 1.10. The van der Waals surface area contributed by atoms with Crippen molar-refractivity contribution in [2.24, 2.45) is 0 Å². The number of fused-ring (bicyclic) bond motifs is 1. The summed E-state index contributed by atoms with van der Waals surface area (Å²) in [6, 6.07) is 10.4. The number of hydrogen-bond donors (Lipinski definition) is 1. The maximum Gasteiger partial charge on any atom is 0.220 e. The molecule has 2 aromatic carbocycles. The van der Waals surface area contributed by atoms with Crippen molar-refractivity contribution < 1.29 is 18.3 Å². The number of ether oxygens (including phenoxy) is 1. The van der Waals surface area contributed by atoms with Gasteiger partial charge in [-0.05, 0) is 36.2 Å². The standard InChI is InChI=1S/C18H17F2NO2/c19-13-6-7-17-14(11-13)16(9-10-23-17)21-18(22)8-5-12-3-1-2-4-15(12)20/h1-4,6-7,11,16H,5,8-10H2,(H,21,22). The lowest BCUT2D eigenvalue weighted by atomic mass is 10.00. The molecule has 0 fully saturated rings. The molecule has 0 spiro atoms. The summed E-state index contributed by atoms with van der Waals surface area (Å²) in [5, 5.41) is 2.88. The zero-order valence-corrected chi connectivity index (χ0v) is 12.5. The number of hydrogen-bond acceptors (Lipinski definition) is 2. The molecule has 0 radical (unpaired) electrons. The van der Waals surface area contributed by atoms with Crippen LogP contribution in [0.3, 0.4) is 0 Å². The average Bonchev–Trinajstić information content (AvgIpc) is 2.55. The maximum absolute atomic E-state index is 13.6. The van der Waals surface area contributed by atoms with Crippen molar-refractivity contribution in [3.8, 4) is 5.75 Å². The van der Waals surface area contributed by atoms with Crippen molar-refractivity contribution in [2.45, 2.75) is 25.3 Å². The van der Waals surface area contributed by atoms with Gasteiger partial charge in [0.2, 0.25) is 5.91 Å². The third-order valence-corrected chi connectivity index (χ3v) is 3.93. The molecule has 23 heavy (non-hydrogen) atoms. The minimum absolute atomic E-state index is 0.183. The van der Waals surface area contributed by atoms with Crippen LogP contribution >= 0.6 is 0 Å². The van der Waals surface area contributed by atoms with Gasteiger partial charge in [0.25, 0.3) is 0 Å². The van der Waals surface area contributed by atoms with Crippen molar-refractivity contribution in [3.63, 3.8) is 0 Å². The van der Waals surface area contributed by atoms with E-state index >= 15 is 0 Å². The molecule has 120 valence electrons. The Labute approximate surface area is 133 Å². The highest BCUT2D eigenvalue weighted by atomic mass is 19.1. The molecule has 1 unspecified atom stereocenters. The molecule has 3 nitrogen and oxygen atoms in total. The number of benzene rings is 2. The molecule has 0 saturated heterocycles. The summed E-state index contributed by atoms with van der Waals surface area (Å²) in [7, 11) is 0. The molecule has 1 atom stereocenters. The van der Waals surface area contributed by atoms with E-state index in [1.165, 1.54) is 18.2 Å². The molecule has 1 aliphatic rings. The molecular formula is C18H17F2NO2. The topological polar surface area (TPSA) is 38.3 Å². The van der Waals surface area contributed by atoms with Gasteiger partial charge in [-0.15, -0.1) is 0 Å². The Balaban J connectivity index is 1.63. The van der Waals surface area contributed by atoms with E-state index in [1.807, 2.05) is 0 Å². The first-order valence-electron chi connectivity index (χ1n) is 7.58. The minimum atomic E-state index is -0.361. The number of aryl methyl sites for hydroxylation is 1. The smallest absolute Gasteiger partial charge is 0.220 e. The molecule has 5 heteroatoms. The Kier molecular flexibility index (Phi) is 4.55. The highest BCUT2D eigenvalue weighted by Gasteiger charge is 2.23. The van der Waals surface area contributed by atoms with Crippen LogP contribution in [-0.4, -0.2) is 12.5 Å². The highest BCUT2D eigenvalue weighted by Crippen LogP contribution is 2.32. The predicted octanol–water partition coefficient (Wildman–Crippen LogP) is 3.54. The van der Waals surface area contributed by atoms with E-state index in [0.717, 1.165) is 0 Å². The van der Waals surface area contributed by atoms with Crippen LogP contribution in [0.1, 0.15) is 30.0 Å². The molecule has 3 rings (SSSR count). The van der Waals surface area contributed by atoms with E-state index in [4.69, 9.17) is 4.74 Å². The van der Waals surface area contributed by atoms with Crippen LogP contribution in [0.25, 0.3) is 0 Å². The molecule has 1 amide bonds. The Morgan fingerprint density at radius 3 is 2.87 bits per heavy atom. The van der Waals surface area contributed by atoms with Gasteiger partial charge in [0.15, 0.2) is 0 Å². The van der Waals surface area contributed by atoms with Gasteiger partial charge in [-0.3, -0.25) is 4.79 Å². The van der Waals surface area contributed by atoms with Gasteiger partial charge in [-0.25, -0.2) is 8.78 Å². The number of rotatable bonds is 4. The molecule has 0 aliphatic carbocycles. The molecular weight excluding hydrogens is 300 g/mol. The Bertz CT molecular complexity index is 718. The zero-order valence-electron chi connectivity index (χ0n) is 12.5. The van der Waals surface area contributed by atoms with Gasteiger partial charge in [0.1, 0.15) is 17.4 Å². The third kappa shape index (κ3) is 3.67. The molecule has 0 aromatic heterocycles. The number of amides is 1. The van der Waals surface area contributed by atoms with Crippen LogP contribution in [0.5, 0.6) is 5.75 Å². The molecule has 1 heterocycles. The second kappa shape index (κ2) is 6.77. The van der Waals surface area contributed by atoms with Crippen LogP contribution < -0.4 is 10.1 Å². The molecule has 0 saturated carbocycles. The quantitative estimate of drug-likeness (QED) is 0.937. The van der Waals surface area contributed by atoms with Crippen molar-refractivity contribution in [2.75, 3.05) is 6.61 Å². The summed E-state index contributed by atoms with van der Waals surface area (Å²) < 4.78 is 32.4. The van der Waals surface area contributed by atoms with Crippen LogP contribution in [0.4, 0.5) is 8.78 Å². The highest BCUT2D eigenvalue weighted by molar-refractivity contribution is 5.77. The van der Waals surface area contributed by atoms with Crippen LogP contribution in [0.2, 0.25) is 0 Å². The number of halogens is 2. The fourth-order valence-electron chi connectivity index (χ4n) is 2.73. The Hall–Kier alpha value is -2.43. The van der Waals surface area contributed by atoms with Gasteiger partial charge in [0, 0.05) is 18.4 Å². The van der Waals surface area contributed by atoms with E-state index in [9.17, 15) is 13.6 Å². The second-order valence-corrected chi connectivity index (χ2v) is 5.53. The van der Waals surface area contributed by atoms with Gasteiger partial charge in [0.05, 0.1) is 12.6 Å². The first-order valence-corrected chi connectivity index (χ1v) is 7.58. The summed E-state index contributed by atoms with van der Waals surface area (Å²) >= 11 is 0. The number of carbonyl (C=O) groups is 1. The molecule has 1 N–H and O–H groups in total. The van der Waals surface area contributed by atoms with Crippen molar-refractivity contribution in [3.05, 3.63) is 65.2 Å². The van der Waals surface area contributed by atoms with E-state index in [0.29, 0.717) is 36.3 Å². The maximum atomic E-state index is 13.6. The predicted molar refractivity (Wildman–Crippen MR) is 82.1 cm³/mol. The van der Waals surface area contributed by atoms with Gasteiger partial charge in [-0.2, -0.15) is 0 Å². The van der Waals surface area contributed by atoms with Gasteiger partial charge >= 0.3 is 0 Å². The summed E-state index contributed by atoms with van der Waals surface area (Å²) in [6.45, 7) is 0.469. The van der Waals surface area contributed by atoms with Crippen LogP contribution in [0, 0.1) is 11.6 Å². The zero-order chi connectivity index (χ0) is 16.2. The number of nitrogens with one attached hydrogen (secondary N) is 1. The van der Waals surface area contributed by atoms with Crippen molar-refractivity contribution in [1.82, 2.24) is 5.32 Å². The van der Waals surface area contributed by atoms with Crippen molar-refractivity contribution >= 4 is 5.91 Å². The van der Waals surface area contributed by atoms with Crippen LogP contribution in [-0.2, 0) is 11.2 Å². The van der Waals surface area contributed by atoms with E-state index < -0.39 is 0 Å². The normalized spacial score (nSPS) is 16.3. The van der Waals surface area contributed by atoms with Crippen molar-refractivity contribution in [1.29, 1.82) is 0 Å². The summed E-state index contributed by atoms with van der Waals surface area (Å²) in [4.78, 5) is 12.1. The minimum Gasteiger partial charge on any atom is -0.493 e. The third-order valence-electron chi connectivity index (χ3n) is 3.93. The number of carbonyl (C=O) groups excluding carboxylic acids is 1. The summed E-state index contributed by atoms with van der Waals surface area (Å²) in [5.74, 6) is -0.258. The molecule has 2 aromatic rings. The van der Waals surface area contributed by atoms with Crippen LogP contribution in [0.15, 0.2) is 42.5 Å². The first-order chi connectivity index (χ1) is 11.1. The lowest BCUT2D eigenvalue weighted by Gasteiger charge is -2.26. The lowest BCUT2D eigenvalue weighted by Crippen LogP contribution is -2.32.